The Labute approximate surface area is 250 Å². The second kappa shape index (κ2) is 10.6. The maximum atomic E-state index is 14.2. The summed E-state index contributed by atoms with van der Waals surface area (Å²) in [5.41, 5.74) is 5.25. The van der Waals surface area contributed by atoms with Gasteiger partial charge in [0.05, 0.1) is 36.5 Å². The van der Waals surface area contributed by atoms with E-state index in [-0.39, 0.29) is 11.1 Å². The molecule has 0 N–H and O–H groups in total. The number of nitrogens with zero attached hydrogens (tertiary/aromatic N) is 2. The summed E-state index contributed by atoms with van der Waals surface area (Å²) in [6, 6.07) is 23.3. The third-order valence-corrected chi connectivity index (χ3v) is 8.90. The number of aryl methyl sites for hydroxylation is 1. The Kier molecular flexibility index (Phi) is 6.59. The first kappa shape index (κ1) is 26.7. The van der Waals surface area contributed by atoms with Crippen molar-refractivity contribution in [3.63, 3.8) is 0 Å². The van der Waals surface area contributed by atoms with Crippen LogP contribution in [-0.2, 0) is 6.42 Å². The molecular formula is C34H25N2O6S-. The monoisotopic (exact) mass is 589 g/mol. The molecule has 7 rings (SSSR count). The van der Waals surface area contributed by atoms with Crippen molar-refractivity contribution in [3.8, 4) is 22.8 Å². The minimum absolute atomic E-state index is 0.0286. The molecule has 0 radical (unpaired) electrons. The molecule has 0 bridgehead atoms. The lowest BCUT2D eigenvalue weighted by Gasteiger charge is -2.31. The van der Waals surface area contributed by atoms with E-state index in [0.717, 1.165) is 35.2 Å². The first-order chi connectivity index (χ1) is 21.0. The van der Waals surface area contributed by atoms with Crippen molar-refractivity contribution in [2.24, 2.45) is 4.99 Å². The Balaban J connectivity index is 1.42. The normalized spacial score (nSPS) is 15.8. The van der Waals surface area contributed by atoms with Crippen molar-refractivity contribution in [2.45, 2.75) is 18.9 Å². The van der Waals surface area contributed by atoms with Gasteiger partial charge in [-0.15, -0.1) is 0 Å². The second-order valence-electron chi connectivity index (χ2n) is 10.3. The molecule has 9 heteroatoms. The first-order valence-electron chi connectivity index (χ1n) is 13.7. The third-order valence-electron chi connectivity index (χ3n) is 7.92. The zero-order chi connectivity index (χ0) is 29.7. The largest absolute Gasteiger partial charge is 0.545 e. The molecule has 3 aromatic carbocycles. The number of furan rings is 1. The summed E-state index contributed by atoms with van der Waals surface area (Å²) in [6.07, 6.45) is 3.25. The van der Waals surface area contributed by atoms with Gasteiger partial charge in [0, 0.05) is 28.3 Å². The fourth-order valence-corrected chi connectivity index (χ4v) is 6.91. The highest BCUT2D eigenvalue weighted by atomic mass is 32.1. The Morgan fingerprint density at radius 2 is 1.79 bits per heavy atom. The van der Waals surface area contributed by atoms with E-state index in [1.807, 2.05) is 30.3 Å². The number of carboxylic acid groups (broad SMARTS) is 1. The van der Waals surface area contributed by atoms with Crippen LogP contribution < -0.4 is 29.5 Å². The zero-order valence-corrected chi connectivity index (χ0v) is 24.1. The van der Waals surface area contributed by atoms with Crippen molar-refractivity contribution >= 4 is 29.1 Å². The van der Waals surface area contributed by atoms with Crippen LogP contribution >= 0.6 is 11.3 Å². The Morgan fingerprint density at radius 1 is 1.00 bits per heavy atom. The van der Waals surface area contributed by atoms with E-state index in [0.29, 0.717) is 37.9 Å². The quantitative estimate of drug-likeness (QED) is 0.297. The fourth-order valence-electron chi connectivity index (χ4n) is 5.93. The summed E-state index contributed by atoms with van der Waals surface area (Å²) in [6.45, 7) is 0. The molecule has 3 heterocycles. The summed E-state index contributed by atoms with van der Waals surface area (Å²) >= 11 is 1.28. The van der Waals surface area contributed by atoms with Crippen LogP contribution in [0.2, 0.25) is 0 Å². The van der Waals surface area contributed by atoms with E-state index < -0.39 is 12.0 Å². The van der Waals surface area contributed by atoms with Crippen LogP contribution in [0.3, 0.4) is 0 Å². The van der Waals surface area contributed by atoms with Gasteiger partial charge >= 0.3 is 0 Å². The highest BCUT2D eigenvalue weighted by Gasteiger charge is 2.34. The smallest absolute Gasteiger partial charge is 0.271 e. The van der Waals surface area contributed by atoms with Gasteiger partial charge in [-0.05, 0) is 54.3 Å². The highest BCUT2D eigenvalue weighted by Crippen LogP contribution is 2.44. The fraction of sp³-hybridized carbons (Fsp3) is 0.147. The molecule has 5 aromatic rings. The summed E-state index contributed by atoms with van der Waals surface area (Å²) in [5, 5.41) is 11.6. The van der Waals surface area contributed by atoms with Crippen LogP contribution in [-0.4, -0.2) is 24.8 Å². The van der Waals surface area contributed by atoms with Gasteiger partial charge in [0.15, 0.2) is 4.80 Å². The number of hydrogen-bond acceptors (Lipinski definition) is 8. The minimum atomic E-state index is -1.29. The maximum absolute atomic E-state index is 14.2. The van der Waals surface area contributed by atoms with Gasteiger partial charge in [0.1, 0.15) is 23.0 Å². The molecule has 0 saturated carbocycles. The van der Waals surface area contributed by atoms with Crippen LogP contribution in [0, 0.1) is 0 Å². The molecule has 1 atom stereocenters. The van der Waals surface area contributed by atoms with Crippen molar-refractivity contribution in [2.75, 3.05) is 14.2 Å². The lowest BCUT2D eigenvalue weighted by atomic mass is 9.83. The number of carbonyl (C=O) groups is 1. The van der Waals surface area contributed by atoms with E-state index in [1.54, 1.807) is 55.2 Å². The molecule has 1 aliphatic heterocycles. The number of rotatable bonds is 6. The number of carboxylic acids is 1. The number of fused-ring (bicyclic) bond motifs is 3. The molecule has 0 spiro atoms. The van der Waals surface area contributed by atoms with E-state index in [1.165, 1.54) is 23.0 Å². The number of hydrogen-bond donors (Lipinski definition) is 0. The van der Waals surface area contributed by atoms with Gasteiger partial charge in [-0.3, -0.25) is 9.36 Å². The number of methoxy groups -OCH3 is 2. The molecule has 214 valence electrons. The second-order valence-corrected chi connectivity index (χ2v) is 11.3. The van der Waals surface area contributed by atoms with Gasteiger partial charge in [-0.2, -0.15) is 0 Å². The Morgan fingerprint density at radius 3 is 2.58 bits per heavy atom. The molecular weight excluding hydrogens is 564 g/mol. The standard InChI is InChI=1S/C34H26N2O6S/c1-40-20-12-15-27(41-2)26(17-20)31-25-14-11-19-7-3-4-8-22(19)30(25)35-34-36(31)32(37)29(43-34)18-21-13-16-28(42-21)23-9-5-6-10-24(23)33(38)39/h3-10,12-13,15-18,31H,11,14H2,1-2H3,(H,38,39)/p-1/b29-18-/t31-/m0/s1. The van der Waals surface area contributed by atoms with Crippen molar-refractivity contribution < 1.29 is 23.8 Å². The van der Waals surface area contributed by atoms with Crippen LogP contribution in [0.5, 0.6) is 11.5 Å². The average Bonchev–Trinajstić information content (AvgIpc) is 3.63. The lowest BCUT2D eigenvalue weighted by Crippen LogP contribution is -2.39. The summed E-state index contributed by atoms with van der Waals surface area (Å²) in [5.74, 6) is 0.798. The molecule has 0 unspecified atom stereocenters. The van der Waals surface area contributed by atoms with Crippen LogP contribution in [0.25, 0.3) is 23.1 Å². The Bertz CT molecular complexity index is 2130. The third kappa shape index (κ3) is 4.49. The topological polar surface area (TPSA) is 106 Å². The van der Waals surface area contributed by atoms with Crippen molar-refractivity contribution in [3.05, 3.63) is 132 Å². The molecule has 43 heavy (non-hydrogen) atoms. The number of carbonyl (C=O) groups excluding carboxylic acids is 1. The maximum Gasteiger partial charge on any atom is 0.271 e. The van der Waals surface area contributed by atoms with Gasteiger partial charge < -0.3 is 23.8 Å². The number of allylic oxidation sites excluding steroid dienone is 1. The lowest BCUT2D eigenvalue weighted by molar-refractivity contribution is -0.254. The predicted molar refractivity (Wildman–Crippen MR) is 161 cm³/mol. The molecule has 2 aromatic heterocycles. The summed E-state index contributed by atoms with van der Waals surface area (Å²) < 4.78 is 19.5. The van der Waals surface area contributed by atoms with Gasteiger partial charge in [-0.1, -0.05) is 59.9 Å². The summed E-state index contributed by atoms with van der Waals surface area (Å²) in [7, 11) is 3.23. The first-order valence-corrected chi connectivity index (χ1v) is 14.5. The van der Waals surface area contributed by atoms with E-state index in [4.69, 9.17) is 18.9 Å². The highest BCUT2D eigenvalue weighted by molar-refractivity contribution is 7.07. The molecule has 0 saturated heterocycles. The number of ether oxygens (including phenoxy) is 2. The molecule has 8 nitrogen and oxygen atoms in total. The van der Waals surface area contributed by atoms with Gasteiger partial charge in [0.2, 0.25) is 0 Å². The summed E-state index contributed by atoms with van der Waals surface area (Å²) in [4.78, 5) is 31.4. The van der Waals surface area contributed by atoms with Crippen molar-refractivity contribution in [1.29, 1.82) is 0 Å². The molecule has 1 aliphatic carbocycles. The van der Waals surface area contributed by atoms with E-state index in [9.17, 15) is 14.7 Å². The minimum Gasteiger partial charge on any atom is -0.545 e. The number of thiazole rings is 1. The number of benzene rings is 3. The molecule has 0 amide bonds. The van der Waals surface area contributed by atoms with E-state index in [2.05, 4.69) is 12.1 Å². The van der Waals surface area contributed by atoms with Crippen LogP contribution in [0.1, 0.15) is 45.3 Å². The Hall–Kier alpha value is -5.15. The van der Waals surface area contributed by atoms with E-state index >= 15 is 0 Å². The van der Waals surface area contributed by atoms with Gasteiger partial charge in [-0.25, -0.2) is 4.99 Å². The van der Waals surface area contributed by atoms with Gasteiger partial charge in [0.25, 0.3) is 5.56 Å². The van der Waals surface area contributed by atoms with Crippen LogP contribution in [0.15, 0.2) is 98.6 Å². The average molecular weight is 590 g/mol. The molecule has 0 fully saturated rings. The van der Waals surface area contributed by atoms with Crippen LogP contribution in [0.4, 0.5) is 0 Å². The number of aromatic carboxylic acids is 1. The van der Waals surface area contributed by atoms with Crippen molar-refractivity contribution in [1.82, 2.24) is 4.57 Å². The number of aromatic nitrogens is 1. The zero-order valence-electron chi connectivity index (χ0n) is 23.3. The molecule has 2 aliphatic rings. The SMILES string of the molecule is COc1ccc(OC)c([C@@H]2C3=C(N=c4s/c(=C\c5ccc(-c6ccccc6C(=O)[O-])o5)c(=O)n42)c2ccccc2CC3)c1. The predicted octanol–water partition coefficient (Wildman–Crippen LogP) is 3.96.